The monoisotopic (exact) mass is 355 g/mol. The van der Waals surface area contributed by atoms with Gasteiger partial charge in [-0.3, -0.25) is 15.0 Å². The van der Waals surface area contributed by atoms with Crippen LogP contribution in [0.1, 0.15) is 37.8 Å². The smallest absolute Gasteiger partial charge is 0.314 e. The van der Waals surface area contributed by atoms with Crippen molar-refractivity contribution in [3.05, 3.63) is 27.1 Å². The van der Waals surface area contributed by atoms with E-state index in [4.69, 9.17) is 0 Å². The fourth-order valence-corrected chi connectivity index (χ4v) is 3.33. The largest absolute Gasteiger partial charge is 0.324 e. The van der Waals surface area contributed by atoms with Crippen LogP contribution in [0, 0.1) is 10.1 Å². The maximum absolute atomic E-state index is 10.8. The number of nitro groups is 1. The first-order chi connectivity index (χ1) is 9.22. The molecule has 2 rings (SSSR count). The number of unbranched alkanes of at least 4 members (excludes halogenated alkanes) is 1. The third-order valence-corrected chi connectivity index (χ3v) is 4.49. The Hall–Kier alpha value is -0.400. The van der Waals surface area contributed by atoms with Gasteiger partial charge in [0.1, 0.15) is 0 Å². The minimum atomic E-state index is -0.289. The molecule has 1 N–H and O–H groups in total. The van der Waals surface area contributed by atoms with Gasteiger partial charge in [0.05, 0.1) is 4.92 Å². The summed E-state index contributed by atoms with van der Waals surface area (Å²) in [5, 5.41) is 16.4. The number of hydrogen-bond donors (Lipinski definition) is 1. The maximum atomic E-state index is 10.8. The molecule has 21 heavy (non-hydrogen) atoms. The molecule has 0 saturated carbocycles. The van der Waals surface area contributed by atoms with Crippen LogP contribution in [-0.2, 0) is 0 Å². The minimum absolute atomic E-state index is 0. The summed E-state index contributed by atoms with van der Waals surface area (Å²) in [7, 11) is 0. The SMILES string of the molecule is CCCC[C@@H](c1csc([N+](=O)[O-])c1)N1CCNCC1.Cl.Cl. The van der Waals surface area contributed by atoms with E-state index < -0.39 is 0 Å². The van der Waals surface area contributed by atoms with Crippen molar-refractivity contribution in [3.63, 3.8) is 0 Å². The van der Waals surface area contributed by atoms with Crippen molar-refractivity contribution >= 4 is 41.2 Å². The highest BCUT2D eigenvalue weighted by atomic mass is 35.5. The summed E-state index contributed by atoms with van der Waals surface area (Å²) in [6.07, 6.45) is 3.41. The van der Waals surface area contributed by atoms with Crippen LogP contribution < -0.4 is 5.32 Å². The van der Waals surface area contributed by atoms with E-state index >= 15 is 0 Å². The quantitative estimate of drug-likeness (QED) is 0.625. The van der Waals surface area contributed by atoms with Crippen molar-refractivity contribution in [2.75, 3.05) is 26.2 Å². The van der Waals surface area contributed by atoms with Crippen LogP contribution in [0.15, 0.2) is 11.4 Å². The standard InChI is InChI=1S/C13H21N3O2S.2ClH/c1-2-3-4-12(15-7-5-14-6-8-15)11-9-13(16(17)18)19-10-11;;/h9-10,12,14H,2-8H2,1H3;2*1H/t12-;;/m0../s1. The molecular weight excluding hydrogens is 333 g/mol. The topological polar surface area (TPSA) is 58.4 Å². The lowest BCUT2D eigenvalue weighted by Crippen LogP contribution is -2.45. The zero-order chi connectivity index (χ0) is 13.7. The Bertz CT molecular complexity index is 425. The first-order valence-corrected chi connectivity index (χ1v) is 7.78. The molecule has 0 aliphatic carbocycles. The summed E-state index contributed by atoms with van der Waals surface area (Å²) in [6, 6.07) is 2.10. The van der Waals surface area contributed by atoms with Gasteiger partial charge in [-0.1, -0.05) is 31.1 Å². The van der Waals surface area contributed by atoms with Crippen molar-refractivity contribution in [3.8, 4) is 0 Å². The van der Waals surface area contributed by atoms with Gasteiger partial charge in [0.2, 0.25) is 0 Å². The molecular formula is C13H23Cl2N3O2S. The first-order valence-electron chi connectivity index (χ1n) is 6.90. The van der Waals surface area contributed by atoms with E-state index in [9.17, 15) is 10.1 Å². The molecule has 8 heteroatoms. The second-order valence-electron chi connectivity index (χ2n) is 4.92. The van der Waals surface area contributed by atoms with Crippen LogP contribution in [0.2, 0.25) is 0 Å². The van der Waals surface area contributed by atoms with E-state index in [0.717, 1.165) is 51.0 Å². The molecule has 0 radical (unpaired) electrons. The molecule has 1 aromatic heterocycles. The van der Waals surface area contributed by atoms with Crippen LogP contribution in [-0.4, -0.2) is 36.0 Å². The third-order valence-electron chi connectivity index (χ3n) is 3.59. The molecule has 0 bridgehead atoms. The van der Waals surface area contributed by atoms with E-state index in [2.05, 4.69) is 17.1 Å². The first kappa shape index (κ1) is 20.6. The number of thiophene rings is 1. The molecule has 1 saturated heterocycles. The van der Waals surface area contributed by atoms with E-state index in [1.165, 1.54) is 11.3 Å². The Kier molecular flexibility index (Phi) is 10.1. The predicted molar refractivity (Wildman–Crippen MR) is 92.2 cm³/mol. The summed E-state index contributed by atoms with van der Waals surface area (Å²) >= 11 is 1.24. The van der Waals surface area contributed by atoms with E-state index in [1.54, 1.807) is 6.07 Å². The van der Waals surface area contributed by atoms with Gasteiger partial charge >= 0.3 is 5.00 Å². The Balaban J connectivity index is 0.00000200. The lowest BCUT2D eigenvalue weighted by atomic mass is 10.0. The van der Waals surface area contributed by atoms with E-state index in [-0.39, 0.29) is 34.7 Å². The van der Waals surface area contributed by atoms with Gasteiger partial charge in [-0.05, 0) is 12.0 Å². The molecule has 1 aliphatic rings. The Morgan fingerprint density at radius 1 is 1.43 bits per heavy atom. The molecule has 122 valence electrons. The number of halogens is 2. The zero-order valence-electron chi connectivity index (χ0n) is 12.1. The molecule has 0 spiro atoms. The number of rotatable bonds is 6. The fourth-order valence-electron chi connectivity index (χ4n) is 2.56. The van der Waals surface area contributed by atoms with Crippen molar-refractivity contribution < 1.29 is 4.92 Å². The average Bonchev–Trinajstić information content (AvgIpc) is 2.90. The van der Waals surface area contributed by atoms with Gasteiger partial charge in [-0.25, -0.2) is 0 Å². The van der Waals surface area contributed by atoms with Gasteiger partial charge in [0.25, 0.3) is 0 Å². The summed E-state index contributed by atoms with van der Waals surface area (Å²) in [6.45, 7) is 6.25. The van der Waals surface area contributed by atoms with Gasteiger partial charge < -0.3 is 5.32 Å². The highest BCUT2D eigenvalue weighted by Gasteiger charge is 2.24. The Morgan fingerprint density at radius 2 is 2.10 bits per heavy atom. The fraction of sp³-hybridized carbons (Fsp3) is 0.692. The lowest BCUT2D eigenvalue weighted by Gasteiger charge is -2.34. The highest BCUT2D eigenvalue weighted by Crippen LogP contribution is 2.33. The Labute approximate surface area is 142 Å². The van der Waals surface area contributed by atoms with Crippen LogP contribution in [0.25, 0.3) is 0 Å². The van der Waals surface area contributed by atoms with Crippen LogP contribution in [0.3, 0.4) is 0 Å². The molecule has 1 aromatic rings. The normalized spacial score (nSPS) is 16.6. The molecule has 0 amide bonds. The molecule has 2 heterocycles. The predicted octanol–water partition coefficient (Wildman–Crippen LogP) is 3.64. The maximum Gasteiger partial charge on any atom is 0.324 e. The third kappa shape index (κ3) is 5.71. The van der Waals surface area contributed by atoms with E-state index in [0.29, 0.717) is 6.04 Å². The highest BCUT2D eigenvalue weighted by molar-refractivity contribution is 7.13. The van der Waals surface area contributed by atoms with Crippen LogP contribution in [0.5, 0.6) is 0 Å². The van der Waals surface area contributed by atoms with E-state index in [1.807, 2.05) is 5.38 Å². The van der Waals surface area contributed by atoms with Gasteiger partial charge in [-0.15, -0.1) is 24.8 Å². The number of nitrogens with one attached hydrogen (secondary N) is 1. The number of hydrogen-bond acceptors (Lipinski definition) is 5. The molecule has 5 nitrogen and oxygen atoms in total. The lowest BCUT2D eigenvalue weighted by molar-refractivity contribution is -0.380. The number of nitrogens with zero attached hydrogens (tertiary/aromatic N) is 2. The average molecular weight is 356 g/mol. The second kappa shape index (κ2) is 10.3. The summed E-state index contributed by atoms with van der Waals surface area (Å²) < 4.78 is 0. The molecule has 0 aromatic carbocycles. The molecule has 1 fully saturated rings. The van der Waals surface area contributed by atoms with Crippen molar-refractivity contribution in [2.24, 2.45) is 0 Å². The van der Waals surface area contributed by atoms with Gasteiger partial charge in [0.15, 0.2) is 0 Å². The van der Waals surface area contributed by atoms with Crippen LogP contribution in [0.4, 0.5) is 5.00 Å². The number of piperazine rings is 1. The molecule has 1 atom stereocenters. The molecule has 1 aliphatic heterocycles. The van der Waals surface area contributed by atoms with Crippen molar-refractivity contribution in [2.45, 2.75) is 32.2 Å². The summed E-state index contributed by atoms with van der Waals surface area (Å²) in [5.41, 5.74) is 1.12. The van der Waals surface area contributed by atoms with Gasteiger partial charge in [-0.2, -0.15) is 0 Å². The summed E-state index contributed by atoms with van der Waals surface area (Å²) in [4.78, 5) is 13.0. The molecule has 0 unspecified atom stereocenters. The van der Waals surface area contributed by atoms with Gasteiger partial charge in [0, 0.05) is 43.7 Å². The Morgan fingerprint density at radius 3 is 2.62 bits per heavy atom. The minimum Gasteiger partial charge on any atom is -0.314 e. The van der Waals surface area contributed by atoms with Crippen LogP contribution >= 0.6 is 36.2 Å². The second-order valence-corrected chi connectivity index (χ2v) is 5.81. The zero-order valence-corrected chi connectivity index (χ0v) is 14.6. The summed E-state index contributed by atoms with van der Waals surface area (Å²) in [5.74, 6) is 0. The van der Waals surface area contributed by atoms with Crippen molar-refractivity contribution in [1.82, 2.24) is 10.2 Å². The van der Waals surface area contributed by atoms with Crippen molar-refractivity contribution in [1.29, 1.82) is 0 Å².